The molecule has 0 bridgehead atoms. The molecule has 3 N–H and O–H groups in total. The molecule has 2 aromatic rings. The summed E-state index contributed by atoms with van der Waals surface area (Å²) in [6.07, 6.45) is 4.34. The second kappa shape index (κ2) is 8.72. The van der Waals surface area contributed by atoms with Crippen LogP contribution in [0, 0.1) is 5.82 Å². The Morgan fingerprint density at radius 3 is 2.67 bits per heavy atom. The molecule has 5 heteroatoms. The maximum absolute atomic E-state index is 13.4. The number of aliphatic hydroxyl groups excluding tert-OH is 1. The Kier molecular flexibility index (Phi) is 6.34. The average Bonchev–Trinajstić information content (AvgIpc) is 3.10. The Morgan fingerprint density at radius 2 is 2.00 bits per heavy atom. The van der Waals surface area contributed by atoms with Gasteiger partial charge in [0.15, 0.2) is 11.6 Å². The minimum Gasteiger partial charge on any atom is -0.494 e. The zero-order valence-electron chi connectivity index (χ0n) is 15.8. The van der Waals surface area contributed by atoms with Gasteiger partial charge in [-0.05, 0) is 73.4 Å². The molecule has 0 saturated heterocycles. The van der Waals surface area contributed by atoms with Gasteiger partial charge in [0.1, 0.15) is 5.75 Å². The first-order valence-corrected chi connectivity index (χ1v) is 9.48. The molecule has 0 amide bonds. The van der Waals surface area contributed by atoms with Crippen molar-refractivity contribution in [2.75, 3.05) is 20.3 Å². The molecule has 0 unspecified atom stereocenters. The number of methoxy groups -OCH3 is 1. The van der Waals surface area contributed by atoms with Gasteiger partial charge in [0.2, 0.25) is 0 Å². The van der Waals surface area contributed by atoms with Gasteiger partial charge in [-0.15, -0.1) is 0 Å². The molecular weight excluding hydrogens is 345 g/mol. The predicted octanol–water partition coefficient (Wildman–Crippen LogP) is 3.80. The molecule has 0 heterocycles. The number of hydrogen-bond acceptors (Lipinski definition) is 4. The highest BCUT2D eigenvalue weighted by Gasteiger charge is 2.35. The predicted molar refractivity (Wildman–Crippen MR) is 104 cm³/mol. The van der Waals surface area contributed by atoms with Crippen molar-refractivity contribution in [2.24, 2.45) is 5.73 Å². The van der Waals surface area contributed by atoms with Crippen LogP contribution in [0.5, 0.6) is 11.5 Å². The van der Waals surface area contributed by atoms with E-state index in [1.54, 1.807) is 12.1 Å². The fourth-order valence-corrected chi connectivity index (χ4v) is 3.75. The van der Waals surface area contributed by atoms with Crippen LogP contribution in [0.15, 0.2) is 42.5 Å². The summed E-state index contributed by atoms with van der Waals surface area (Å²) in [6.45, 7) is 0.642. The third-order valence-corrected chi connectivity index (χ3v) is 5.40. The Bertz CT molecular complexity index is 750. The molecular formula is C22H28FNO3. The second-order valence-electron chi connectivity index (χ2n) is 7.45. The van der Waals surface area contributed by atoms with Crippen molar-refractivity contribution in [1.82, 2.24) is 0 Å². The van der Waals surface area contributed by atoms with E-state index >= 15 is 0 Å². The van der Waals surface area contributed by atoms with E-state index < -0.39 is 5.54 Å². The summed E-state index contributed by atoms with van der Waals surface area (Å²) < 4.78 is 24.2. The maximum atomic E-state index is 13.4. The normalized spacial score (nSPS) is 22.0. The monoisotopic (exact) mass is 373 g/mol. The zero-order valence-corrected chi connectivity index (χ0v) is 15.8. The van der Waals surface area contributed by atoms with Gasteiger partial charge in [-0.3, -0.25) is 0 Å². The molecule has 0 aliphatic heterocycles. The number of aliphatic hydroxyl groups is 1. The molecule has 1 aliphatic rings. The number of nitrogens with two attached hydrogens (primary N) is 1. The van der Waals surface area contributed by atoms with Gasteiger partial charge in [0.25, 0.3) is 0 Å². The smallest absolute Gasteiger partial charge is 0.165 e. The molecule has 2 atom stereocenters. The number of benzene rings is 2. The lowest BCUT2D eigenvalue weighted by Gasteiger charge is -2.21. The molecule has 4 nitrogen and oxygen atoms in total. The van der Waals surface area contributed by atoms with Crippen LogP contribution in [0.4, 0.5) is 4.39 Å². The van der Waals surface area contributed by atoms with Crippen molar-refractivity contribution >= 4 is 0 Å². The zero-order chi connectivity index (χ0) is 19.3. The molecule has 3 rings (SSSR count). The van der Waals surface area contributed by atoms with E-state index in [1.807, 2.05) is 12.1 Å². The third kappa shape index (κ3) is 4.99. The standard InChI is InChI=1S/C22H28FNO3/c1-26-21-13-16(4-9-20(21)23)3-2-12-27-19-7-5-17(6-8-19)18-10-11-22(24,14-18)15-25/h4-9,13,18,25H,2-3,10-12,14-15,24H2,1H3/t18-,22-/m1/s1. The Balaban J connectivity index is 1.45. The Labute approximate surface area is 160 Å². The molecule has 27 heavy (non-hydrogen) atoms. The summed E-state index contributed by atoms with van der Waals surface area (Å²) in [7, 11) is 1.47. The highest BCUT2D eigenvalue weighted by atomic mass is 19.1. The van der Waals surface area contributed by atoms with Crippen LogP contribution in [0.1, 0.15) is 42.7 Å². The van der Waals surface area contributed by atoms with E-state index in [4.69, 9.17) is 15.2 Å². The lowest BCUT2D eigenvalue weighted by molar-refractivity contribution is 0.198. The van der Waals surface area contributed by atoms with Crippen molar-refractivity contribution in [1.29, 1.82) is 0 Å². The van der Waals surface area contributed by atoms with E-state index in [0.29, 0.717) is 12.5 Å². The maximum Gasteiger partial charge on any atom is 0.165 e. The van der Waals surface area contributed by atoms with Crippen LogP contribution >= 0.6 is 0 Å². The van der Waals surface area contributed by atoms with Crippen molar-refractivity contribution in [3.05, 3.63) is 59.4 Å². The van der Waals surface area contributed by atoms with E-state index in [9.17, 15) is 9.50 Å². The highest BCUT2D eigenvalue weighted by Crippen LogP contribution is 2.39. The molecule has 0 radical (unpaired) electrons. The molecule has 146 valence electrons. The van der Waals surface area contributed by atoms with E-state index in [2.05, 4.69) is 12.1 Å². The summed E-state index contributed by atoms with van der Waals surface area (Å²) in [4.78, 5) is 0. The fraction of sp³-hybridized carbons (Fsp3) is 0.455. The van der Waals surface area contributed by atoms with E-state index in [-0.39, 0.29) is 18.2 Å². The number of rotatable bonds is 8. The number of aryl methyl sites for hydroxylation is 1. The second-order valence-corrected chi connectivity index (χ2v) is 7.45. The minimum atomic E-state index is -0.428. The first-order chi connectivity index (χ1) is 13.0. The molecule has 0 spiro atoms. The lowest BCUT2D eigenvalue weighted by Crippen LogP contribution is -2.40. The van der Waals surface area contributed by atoms with Gasteiger partial charge in [-0.2, -0.15) is 0 Å². The van der Waals surface area contributed by atoms with Crippen LogP contribution in [-0.2, 0) is 6.42 Å². The lowest BCUT2D eigenvalue weighted by atomic mass is 9.94. The fourth-order valence-electron chi connectivity index (χ4n) is 3.75. The van der Waals surface area contributed by atoms with Gasteiger partial charge in [0.05, 0.1) is 20.3 Å². The van der Waals surface area contributed by atoms with Gasteiger partial charge in [-0.1, -0.05) is 18.2 Å². The molecule has 1 aliphatic carbocycles. The van der Waals surface area contributed by atoms with Crippen molar-refractivity contribution in [3.8, 4) is 11.5 Å². The Hall–Kier alpha value is -2.11. The van der Waals surface area contributed by atoms with Crippen LogP contribution in [0.3, 0.4) is 0 Å². The van der Waals surface area contributed by atoms with Crippen LogP contribution in [0.25, 0.3) is 0 Å². The van der Waals surface area contributed by atoms with Gasteiger partial charge in [0, 0.05) is 5.54 Å². The van der Waals surface area contributed by atoms with Gasteiger partial charge < -0.3 is 20.3 Å². The largest absolute Gasteiger partial charge is 0.494 e. The summed E-state index contributed by atoms with van der Waals surface area (Å²) >= 11 is 0. The first-order valence-electron chi connectivity index (χ1n) is 9.48. The minimum absolute atomic E-state index is 0.0463. The van der Waals surface area contributed by atoms with Crippen LogP contribution < -0.4 is 15.2 Å². The first kappa shape index (κ1) is 19.6. The molecule has 2 aromatic carbocycles. The van der Waals surface area contributed by atoms with Crippen molar-refractivity contribution < 1.29 is 19.0 Å². The summed E-state index contributed by atoms with van der Waals surface area (Å²) in [5.41, 5.74) is 8.02. The third-order valence-electron chi connectivity index (χ3n) is 5.40. The molecule has 1 fully saturated rings. The highest BCUT2D eigenvalue weighted by molar-refractivity contribution is 5.31. The summed E-state index contributed by atoms with van der Waals surface area (Å²) in [6, 6.07) is 13.1. The van der Waals surface area contributed by atoms with E-state index in [0.717, 1.165) is 43.4 Å². The van der Waals surface area contributed by atoms with Gasteiger partial charge in [-0.25, -0.2) is 4.39 Å². The van der Waals surface area contributed by atoms with Crippen molar-refractivity contribution in [3.63, 3.8) is 0 Å². The SMILES string of the molecule is COc1cc(CCCOc2ccc([C@@H]3CC[C@](N)(CO)C3)cc2)ccc1F. The average molecular weight is 373 g/mol. The van der Waals surface area contributed by atoms with Crippen molar-refractivity contribution in [2.45, 2.75) is 43.6 Å². The Morgan fingerprint density at radius 1 is 1.22 bits per heavy atom. The van der Waals surface area contributed by atoms with Crippen LogP contribution in [-0.4, -0.2) is 31.0 Å². The van der Waals surface area contributed by atoms with E-state index in [1.165, 1.54) is 18.7 Å². The molecule has 1 saturated carbocycles. The summed E-state index contributed by atoms with van der Waals surface area (Å²) in [5, 5.41) is 9.41. The number of hydrogen-bond donors (Lipinski definition) is 2. The summed E-state index contributed by atoms with van der Waals surface area (Å²) in [5.74, 6) is 1.18. The van der Waals surface area contributed by atoms with Gasteiger partial charge >= 0.3 is 0 Å². The number of ether oxygens (including phenoxy) is 2. The topological polar surface area (TPSA) is 64.7 Å². The van der Waals surface area contributed by atoms with Crippen LogP contribution in [0.2, 0.25) is 0 Å². The number of halogens is 1. The quantitative estimate of drug-likeness (QED) is 0.691. The molecule has 0 aromatic heterocycles.